The van der Waals surface area contributed by atoms with Crippen molar-refractivity contribution in [1.82, 2.24) is 14.6 Å². The average molecular weight is 260 g/mol. The molecule has 1 atom stereocenters. The quantitative estimate of drug-likeness (QED) is 0.758. The number of morpholine rings is 1. The fourth-order valence-corrected chi connectivity index (χ4v) is 2.31. The number of anilines is 1. The first kappa shape index (κ1) is 12.1. The molecule has 1 saturated heterocycles. The molecule has 1 aliphatic rings. The highest BCUT2D eigenvalue weighted by Crippen LogP contribution is 2.18. The summed E-state index contributed by atoms with van der Waals surface area (Å²) in [5.41, 5.74) is 1.17. The highest BCUT2D eigenvalue weighted by atomic mass is 16.5. The molecule has 6 nitrogen and oxygen atoms in total. The second-order valence-electron chi connectivity index (χ2n) is 4.80. The summed E-state index contributed by atoms with van der Waals surface area (Å²) in [5, 5.41) is 4.13. The molecule has 1 aliphatic heterocycles. The Hall–Kier alpha value is -1.95. The van der Waals surface area contributed by atoms with E-state index in [9.17, 15) is 4.79 Å². The molecule has 0 N–H and O–H groups in total. The molecule has 0 amide bonds. The molecule has 0 spiro atoms. The van der Waals surface area contributed by atoms with Crippen molar-refractivity contribution in [3.63, 3.8) is 0 Å². The summed E-state index contributed by atoms with van der Waals surface area (Å²) in [6.07, 6.45) is 3.60. The number of ether oxygens (including phenoxy) is 1. The molecule has 2 aromatic heterocycles. The van der Waals surface area contributed by atoms with Crippen LogP contribution in [0.2, 0.25) is 0 Å². The monoisotopic (exact) mass is 260 g/mol. The first-order valence-electron chi connectivity index (χ1n) is 6.37. The highest BCUT2D eigenvalue weighted by Gasteiger charge is 2.19. The van der Waals surface area contributed by atoms with Gasteiger partial charge in [0.2, 0.25) is 0 Å². The van der Waals surface area contributed by atoms with Crippen LogP contribution in [0.3, 0.4) is 0 Å². The topological polar surface area (TPSA) is 59.7 Å². The van der Waals surface area contributed by atoms with E-state index in [4.69, 9.17) is 4.74 Å². The van der Waals surface area contributed by atoms with Crippen molar-refractivity contribution >= 4 is 17.2 Å². The smallest absolute Gasteiger partial charge is 0.168 e. The summed E-state index contributed by atoms with van der Waals surface area (Å²) in [6, 6.07) is 1.92. The predicted molar refractivity (Wildman–Crippen MR) is 70.6 cm³/mol. The van der Waals surface area contributed by atoms with Gasteiger partial charge in [0.05, 0.1) is 24.5 Å². The third kappa shape index (κ3) is 2.19. The molecule has 0 aromatic carbocycles. The Morgan fingerprint density at radius 3 is 3.11 bits per heavy atom. The van der Waals surface area contributed by atoms with Gasteiger partial charge >= 0.3 is 0 Å². The Labute approximate surface area is 111 Å². The van der Waals surface area contributed by atoms with Crippen molar-refractivity contribution in [3.05, 3.63) is 24.0 Å². The number of ketones is 1. The van der Waals surface area contributed by atoms with Gasteiger partial charge < -0.3 is 9.64 Å². The molecule has 100 valence electrons. The van der Waals surface area contributed by atoms with Crippen LogP contribution in [0.5, 0.6) is 0 Å². The Bertz CT molecular complexity index is 622. The van der Waals surface area contributed by atoms with E-state index in [1.807, 2.05) is 19.2 Å². The number of carbonyl (C=O) groups is 1. The zero-order chi connectivity index (χ0) is 13.4. The lowest BCUT2D eigenvalue weighted by atomic mass is 10.2. The van der Waals surface area contributed by atoms with Crippen molar-refractivity contribution in [3.8, 4) is 0 Å². The maximum absolute atomic E-state index is 11.5. The van der Waals surface area contributed by atoms with Gasteiger partial charge in [0, 0.05) is 19.3 Å². The number of hydrogen-bond donors (Lipinski definition) is 0. The van der Waals surface area contributed by atoms with Gasteiger partial charge in [-0.3, -0.25) is 4.79 Å². The minimum atomic E-state index is -0.0185. The molecule has 2 aromatic rings. The molecule has 0 radical (unpaired) electrons. The summed E-state index contributed by atoms with van der Waals surface area (Å²) in [4.78, 5) is 18.3. The van der Waals surface area contributed by atoms with Gasteiger partial charge in [-0.2, -0.15) is 5.10 Å². The van der Waals surface area contributed by atoms with Crippen LogP contribution in [-0.4, -0.2) is 46.2 Å². The lowest BCUT2D eigenvalue weighted by molar-refractivity contribution is 0.0529. The second kappa shape index (κ2) is 4.62. The van der Waals surface area contributed by atoms with E-state index >= 15 is 0 Å². The summed E-state index contributed by atoms with van der Waals surface area (Å²) in [6.45, 7) is 5.91. The van der Waals surface area contributed by atoms with Crippen LogP contribution in [0, 0.1) is 0 Å². The number of aromatic nitrogens is 3. The van der Waals surface area contributed by atoms with Crippen LogP contribution in [0.4, 0.5) is 5.82 Å². The summed E-state index contributed by atoms with van der Waals surface area (Å²) < 4.78 is 7.15. The molecule has 6 heteroatoms. The maximum Gasteiger partial charge on any atom is 0.168 e. The minimum Gasteiger partial charge on any atom is -0.375 e. The van der Waals surface area contributed by atoms with Gasteiger partial charge in [0.1, 0.15) is 5.82 Å². The van der Waals surface area contributed by atoms with Crippen LogP contribution >= 0.6 is 0 Å². The lowest BCUT2D eigenvalue weighted by Gasteiger charge is -2.31. The van der Waals surface area contributed by atoms with Gasteiger partial charge in [-0.25, -0.2) is 9.50 Å². The minimum absolute atomic E-state index is 0.0185. The third-order valence-corrected chi connectivity index (χ3v) is 3.30. The van der Waals surface area contributed by atoms with E-state index in [2.05, 4.69) is 15.0 Å². The van der Waals surface area contributed by atoms with Crippen LogP contribution in [0.25, 0.3) is 5.65 Å². The van der Waals surface area contributed by atoms with E-state index in [-0.39, 0.29) is 11.9 Å². The fourth-order valence-electron chi connectivity index (χ4n) is 2.31. The van der Waals surface area contributed by atoms with Crippen molar-refractivity contribution in [1.29, 1.82) is 0 Å². The van der Waals surface area contributed by atoms with Gasteiger partial charge in [-0.1, -0.05) is 0 Å². The summed E-state index contributed by atoms with van der Waals surface area (Å²) in [7, 11) is 0. The Morgan fingerprint density at radius 1 is 1.53 bits per heavy atom. The Morgan fingerprint density at radius 2 is 2.37 bits per heavy atom. The number of Topliss-reactive ketones (excluding diaryl/α,β-unsaturated/α-hetero) is 1. The molecule has 19 heavy (non-hydrogen) atoms. The van der Waals surface area contributed by atoms with E-state index in [0.717, 1.165) is 18.9 Å². The summed E-state index contributed by atoms with van der Waals surface area (Å²) >= 11 is 0. The van der Waals surface area contributed by atoms with Crippen molar-refractivity contribution in [2.75, 3.05) is 24.6 Å². The normalized spacial score (nSPS) is 19.9. The van der Waals surface area contributed by atoms with Crippen LogP contribution in [-0.2, 0) is 4.74 Å². The first-order valence-corrected chi connectivity index (χ1v) is 6.37. The van der Waals surface area contributed by atoms with E-state index in [1.54, 1.807) is 10.7 Å². The molecule has 1 fully saturated rings. The van der Waals surface area contributed by atoms with E-state index in [0.29, 0.717) is 17.8 Å². The number of hydrogen-bond acceptors (Lipinski definition) is 5. The Balaban J connectivity index is 2.00. The van der Waals surface area contributed by atoms with Crippen LogP contribution in [0.15, 0.2) is 18.5 Å². The second-order valence-corrected chi connectivity index (χ2v) is 4.80. The van der Waals surface area contributed by atoms with Crippen molar-refractivity contribution in [2.45, 2.75) is 20.0 Å². The largest absolute Gasteiger partial charge is 0.375 e. The molecule has 3 heterocycles. The lowest BCUT2D eigenvalue weighted by Crippen LogP contribution is -2.41. The van der Waals surface area contributed by atoms with Crippen molar-refractivity contribution in [2.24, 2.45) is 0 Å². The number of rotatable bonds is 2. The fraction of sp³-hybridized carbons (Fsp3) is 0.462. The number of carbonyl (C=O) groups excluding carboxylic acids is 1. The van der Waals surface area contributed by atoms with Gasteiger partial charge in [-0.15, -0.1) is 0 Å². The molecule has 3 rings (SSSR count). The number of nitrogens with zero attached hydrogens (tertiary/aromatic N) is 4. The zero-order valence-corrected chi connectivity index (χ0v) is 11.0. The Kier molecular flexibility index (Phi) is 2.94. The van der Waals surface area contributed by atoms with Crippen LogP contribution < -0.4 is 4.90 Å². The summed E-state index contributed by atoms with van der Waals surface area (Å²) in [5.74, 6) is 0.848. The van der Waals surface area contributed by atoms with Gasteiger partial charge in [0.25, 0.3) is 0 Å². The molecule has 0 bridgehead atoms. The standard InChI is InChI=1S/C13H16N4O2/c1-9-8-16(5-6-19-9)12-3-4-17-13(15-12)11(7-14-17)10(2)18/h3-4,7,9H,5-6,8H2,1-2H3/t9-/m0/s1. The molecule has 0 aliphatic carbocycles. The van der Waals surface area contributed by atoms with Gasteiger partial charge in [0.15, 0.2) is 11.4 Å². The average Bonchev–Trinajstić information content (AvgIpc) is 2.81. The third-order valence-electron chi connectivity index (χ3n) is 3.30. The molecule has 0 saturated carbocycles. The maximum atomic E-state index is 11.5. The van der Waals surface area contributed by atoms with E-state index in [1.165, 1.54) is 6.92 Å². The molecular weight excluding hydrogens is 244 g/mol. The van der Waals surface area contributed by atoms with Crippen LogP contribution in [0.1, 0.15) is 24.2 Å². The van der Waals surface area contributed by atoms with Gasteiger partial charge in [-0.05, 0) is 19.9 Å². The molecule has 0 unspecified atom stereocenters. The SMILES string of the molecule is CC(=O)c1cnn2ccc(N3CCO[C@@H](C)C3)nc12. The highest BCUT2D eigenvalue weighted by molar-refractivity contribution is 5.99. The zero-order valence-electron chi connectivity index (χ0n) is 11.0. The van der Waals surface area contributed by atoms with E-state index < -0.39 is 0 Å². The number of fused-ring (bicyclic) bond motifs is 1. The van der Waals surface area contributed by atoms with Crippen molar-refractivity contribution < 1.29 is 9.53 Å². The molecular formula is C13H16N4O2. The predicted octanol–water partition coefficient (Wildman–Crippen LogP) is 1.16. The first-order chi connectivity index (χ1) is 9.15.